The van der Waals surface area contributed by atoms with Crippen LogP contribution in [0.1, 0.15) is 242 Å². The normalized spacial score (nSPS) is 12.7. The van der Waals surface area contributed by atoms with Crippen LogP contribution in [-0.4, -0.2) is 60.9 Å². The summed E-state index contributed by atoms with van der Waals surface area (Å²) < 4.78 is 25.4. The third kappa shape index (κ3) is 21.4. The van der Waals surface area contributed by atoms with Gasteiger partial charge in [0, 0.05) is 35.1 Å². The highest BCUT2D eigenvalue weighted by Gasteiger charge is 2.46. The summed E-state index contributed by atoms with van der Waals surface area (Å²) in [6, 6.07) is 90.3. The zero-order chi connectivity index (χ0) is 98.5. The Morgan fingerprint density at radius 3 is 0.606 bits per heavy atom. The molecule has 0 aliphatic heterocycles. The summed E-state index contributed by atoms with van der Waals surface area (Å²) in [7, 11) is -14.3. The van der Waals surface area contributed by atoms with Gasteiger partial charge in [-0.15, -0.1) is 22.2 Å². The van der Waals surface area contributed by atoms with Crippen LogP contribution >= 0.6 is 0 Å². The fourth-order valence-electron chi connectivity index (χ4n) is 21.2. The Hall–Kier alpha value is -10.4. The Balaban J connectivity index is 0.628. The molecule has 14 aromatic carbocycles. The molecular formula is C125H148O6Si6. The molecule has 0 atom stereocenters. The smallest absolute Gasteiger partial charge is 0.306 e. The number of rotatable bonds is 30. The van der Waals surface area contributed by atoms with Gasteiger partial charge in [0.05, 0.1) is 13.2 Å². The zero-order valence-electron chi connectivity index (χ0n) is 86.9. The van der Waals surface area contributed by atoms with E-state index < -0.39 is 48.9 Å². The van der Waals surface area contributed by atoms with Crippen molar-refractivity contribution in [2.45, 2.75) is 304 Å². The van der Waals surface area contributed by atoms with E-state index in [1.165, 1.54) is 75.0 Å². The lowest BCUT2D eigenvalue weighted by Gasteiger charge is -2.36. The molecule has 0 aliphatic rings. The molecule has 0 aromatic heterocycles. The Bertz CT molecular complexity index is 6400. The molecule has 708 valence electrons. The molecule has 14 aromatic rings. The van der Waals surface area contributed by atoms with E-state index in [9.17, 15) is 9.59 Å². The second-order valence-electron chi connectivity index (χ2n) is 44.7. The zero-order valence-corrected chi connectivity index (χ0v) is 92.9. The van der Waals surface area contributed by atoms with Crippen LogP contribution in [0.4, 0.5) is 0 Å². The van der Waals surface area contributed by atoms with Crippen LogP contribution in [0, 0.1) is 45.9 Å². The van der Waals surface area contributed by atoms with Crippen molar-refractivity contribution in [1.82, 2.24) is 0 Å². The Labute approximate surface area is 826 Å². The lowest BCUT2D eigenvalue weighted by molar-refractivity contribution is -0.145. The molecule has 0 bridgehead atoms. The number of benzene rings is 14. The van der Waals surface area contributed by atoms with E-state index in [1.54, 1.807) is 0 Å². The van der Waals surface area contributed by atoms with E-state index in [0.717, 1.165) is 109 Å². The maximum Gasteiger partial charge on any atom is 0.306 e. The topological polar surface area (TPSA) is 71.1 Å². The lowest BCUT2D eigenvalue weighted by atomic mass is 9.89. The second-order valence-corrected chi connectivity index (χ2v) is 73.8. The van der Waals surface area contributed by atoms with Crippen molar-refractivity contribution in [1.29, 1.82) is 0 Å². The van der Waals surface area contributed by atoms with Crippen LogP contribution in [0.25, 0.3) is 86.2 Å². The highest BCUT2D eigenvalue weighted by molar-refractivity contribution is 7.02. The van der Waals surface area contributed by atoms with Gasteiger partial charge in [-0.05, 0) is 271 Å². The highest BCUT2D eigenvalue weighted by Crippen LogP contribution is 2.45. The van der Waals surface area contributed by atoms with Crippen LogP contribution in [0.2, 0.25) is 80.6 Å². The molecule has 0 saturated heterocycles. The van der Waals surface area contributed by atoms with Gasteiger partial charge in [0.25, 0.3) is 0 Å². The molecular weight excluding hydrogens is 1770 g/mol. The van der Waals surface area contributed by atoms with Gasteiger partial charge in [-0.2, -0.15) is 0 Å². The number of hydrogen-bond acceptors (Lipinski definition) is 6. The van der Waals surface area contributed by atoms with Gasteiger partial charge in [0.15, 0.2) is 48.9 Å². The van der Waals surface area contributed by atoms with Crippen molar-refractivity contribution >= 4 is 168 Å². The molecule has 0 heterocycles. The minimum absolute atomic E-state index is 0.135. The number of fused-ring (bicyclic) bond motifs is 8. The lowest BCUT2D eigenvalue weighted by Crippen LogP contribution is -2.52. The van der Waals surface area contributed by atoms with Crippen LogP contribution < -0.4 is 20.7 Å². The second kappa shape index (κ2) is 42.3. The Morgan fingerprint density at radius 1 is 0.255 bits per heavy atom. The SMILES string of the molecule is CC(C)[Si](C#Cc1c2cc3ccccc3cc2c(C#C[Si](c2ccc(CO[Si](C)(C)C(C)(C)C)cc2)(C(C)C)C(C)C)c2cc3ccccc3cc12)(c1ccc(COC(=O)CCCCCCCC(=O)OCc2ccc([Si](C#Cc3c4cc5ccccc5cc4c(C#C[Si](c4ccc(CO[Si](C)(C)C(C)(C)C)cc4)(C(C)C)C(C)C)c4cc5ccccc5cc34)(C(C)C)C(C)C)cc2)cc1)C(C)C. The van der Waals surface area contributed by atoms with Gasteiger partial charge < -0.3 is 18.3 Å². The van der Waals surface area contributed by atoms with E-state index in [4.69, 9.17) is 18.3 Å². The summed E-state index contributed by atoms with van der Waals surface area (Å²) in [5.74, 6) is 15.9. The quantitative estimate of drug-likeness (QED) is 0.0147. The van der Waals surface area contributed by atoms with Gasteiger partial charge >= 0.3 is 11.9 Å². The fraction of sp³-hybridized carbons (Fsp3) is 0.376. The van der Waals surface area contributed by atoms with Crippen molar-refractivity contribution < 1.29 is 27.9 Å². The van der Waals surface area contributed by atoms with Crippen molar-refractivity contribution in [2.75, 3.05) is 0 Å². The summed E-state index contributed by atoms with van der Waals surface area (Å²) in [5, 5.41) is 24.0. The van der Waals surface area contributed by atoms with E-state index in [1.807, 2.05) is 0 Å². The molecule has 0 radical (unpaired) electrons. The van der Waals surface area contributed by atoms with E-state index in [0.29, 0.717) is 48.2 Å². The molecule has 0 saturated carbocycles. The Morgan fingerprint density at radius 2 is 0.431 bits per heavy atom. The predicted octanol–water partition coefficient (Wildman–Crippen LogP) is 31.7. The summed E-state index contributed by atoms with van der Waals surface area (Å²) in [6.45, 7) is 62.8. The molecule has 0 aliphatic carbocycles. The molecule has 14 rings (SSSR count). The number of esters is 2. The van der Waals surface area contributed by atoms with Gasteiger partial charge in [-0.25, -0.2) is 0 Å². The first kappa shape index (κ1) is 102. The third-order valence-electron chi connectivity index (χ3n) is 31.7. The van der Waals surface area contributed by atoms with Crippen LogP contribution in [0.15, 0.2) is 243 Å². The molecule has 0 unspecified atom stereocenters. The summed E-state index contributed by atoms with van der Waals surface area (Å²) >= 11 is 0. The van der Waals surface area contributed by atoms with Gasteiger partial charge in [0.2, 0.25) is 0 Å². The van der Waals surface area contributed by atoms with Crippen LogP contribution in [0.3, 0.4) is 0 Å². The molecule has 0 spiro atoms. The summed E-state index contributed by atoms with van der Waals surface area (Å²) in [6.07, 6.45) is 4.81. The van der Waals surface area contributed by atoms with E-state index in [2.05, 4.69) is 467 Å². The van der Waals surface area contributed by atoms with Crippen molar-refractivity contribution in [3.8, 4) is 45.9 Å². The molecule has 0 fully saturated rings. The first-order valence-electron chi connectivity index (χ1n) is 50.8. The molecule has 0 N–H and O–H groups in total. The van der Waals surface area contributed by atoms with Gasteiger partial charge in [-0.3, -0.25) is 9.59 Å². The summed E-state index contributed by atoms with van der Waals surface area (Å²) in [4.78, 5) is 26.8. The molecule has 137 heavy (non-hydrogen) atoms. The third-order valence-corrected chi connectivity index (χ3v) is 62.5. The van der Waals surface area contributed by atoms with E-state index >= 15 is 0 Å². The molecule has 6 nitrogen and oxygen atoms in total. The first-order valence-corrected chi connectivity index (χ1v) is 65.2. The van der Waals surface area contributed by atoms with Gasteiger partial charge in [0.1, 0.15) is 13.2 Å². The predicted molar refractivity (Wildman–Crippen MR) is 604 cm³/mol. The average Bonchev–Trinajstić information content (AvgIpc) is 0.728. The van der Waals surface area contributed by atoms with Gasteiger partial charge in [-0.1, -0.05) is 389 Å². The Kier molecular flexibility index (Phi) is 31.6. The number of carbonyl (C=O) groups is 2. The standard InChI is InChI=1S/C125H148O6Si6/c1-86(2)134(87(3)4,70-66-110-114-74-98-40-32-36-44-102(98)78-118(114)112(119-79-103-45-37-33-41-99(103)75-115(110)119)68-72-136(90(9)10,91(11)12)108-62-54-96(55-63-108)84-130-132(23,24)124(17,18)19)106-58-50-94(51-59-106)82-128-122(126)48-30-28-27-29-31-49-123(127)129-83-95-52-60-107(61-53-95)135(88(5)6,89(7)8)71-67-111-116-76-100-42-34-38-46-104(100)80-120(116)113(121-81-105-47-39-35-43-101(105)77-117(111)121)69-73-137(92(13)14,93(15)16)109-64-56-97(57-65-109)85-131-133(25,26)125(20,21)22/h32-47,50-65,74-81,86-93H,27-31,48-49,82-85H2,1-26H3. The fourth-order valence-corrected chi connectivity index (χ4v) is 40.9. The molecule has 0 amide bonds. The number of ether oxygens (including phenoxy) is 2. The minimum Gasteiger partial charge on any atom is -0.461 e. The van der Waals surface area contributed by atoms with Crippen molar-refractivity contribution in [3.63, 3.8) is 0 Å². The number of unbranched alkanes of at least 4 members (excludes halogenated alkanes) is 4. The number of hydrogen-bond donors (Lipinski definition) is 0. The number of carbonyl (C=O) groups excluding carboxylic acids is 2. The maximum absolute atomic E-state index is 13.4. The largest absolute Gasteiger partial charge is 0.461 e. The van der Waals surface area contributed by atoms with Crippen LogP contribution in [-0.2, 0) is 54.3 Å². The molecule has 12 heteroatoms. The minimum atomic E-state index is -2.65. The first-order chi connectivity index (χ1) is 65.0. The summed E-state index contributed by atoms with van der Waals surface area (Å²) in [5.41, 5.74) is 28.0. The van der Waals surface area contributed by atoms with Crippen molar-refractivity contribution in [3.05, 3.63) is 287 Å². The van der Waals surface area contributed by atoms with Crippen LogP contribution in [0.5, 0.6) is 0 Å². The van der Waals surface area contributed by atoms with Crippen molar-refractivity contribution in [2.24, 2.45) is 0 Å². The highest BCUT2D eigenvalue weighted by atomic mass is 28.4. The average molecular weight is 1920 g/mol. The van der Waals surface area contributed by atoms with E-state index in [-0.39, 0.29) is 57.4 Å². The maximum atomic E-state index is 13.4. The monoisotopic (exact) mass is 1910 g/mol.